The van der Waals surface area contributed by atoms with Crippen LogP contribution in [0.5, 0.6) is 0 Å². The van der Waals surface area contributed by atoms with E-state index < -0.39 is 0 Å². The quantitative estimate of drug-likeness (QED) is 0.849. The summed E-state index contributed by atoms with van der Waals surface area (Å²) in [7, 11) is 0. The second-order valence-corrected chi connectivity index (χ2v) is 6.43. The fraction of sp³-hybridized carbons (Fsp3) is 0.500. The Bertz CT molecular complexity index is 610. The number of amides is 1. The summed E-state index contributed by atoms with van der Waals surface area (Å²) in [5.41, 5.74) is 2.36. The fourth-order valence-corrected chi connectivity index (χ4v) is 3.46. The molecule has 1 aliphatic heterocycles. The summed E-state index contributed by atoms with van der Waals surface area (Å²) in [6.07, 6.45) is 2.20. The van der Waals surface area contributed by atoms with Crippen molar-refractivity contribution in [3.8, 4) is 0 Å². The number of rotatable bonds is 5. The van der Waals surface area contributed by atoms with Gasteiger partial charge in [0.2, 0.25) is 0 Å². The summed E-state index contributed by atoms with van der Waals surface area (Å²) < 4.78 is 10.8. The summed E-state index contributed by atoms with van der Waals surface area (Å²) in [4.78, 5) is 14.8. The van der Waals surface area contributed by atoms with Crippen LogP contribution >= 0.6 is 11.3 Å². The van der Waals surface area contributed by atoms with Crippen molar-refractivity contribution in [1.29, 1.82) is 0 Å². The molecule has 1 atom stereocenters. The van der Waals surface area contributed by atoms with Crippen LogP contribution < -0.4 is 0 Å². The molecule has 2 aromatic heterocycles. The lowest BCUT2D eigenvalue weighted by atomic mass is 10.1. The topological polar surface area (TPSA) is 55.6 Å². The van der Waals surface area contributed by atoms with Crippen molar-refractivity contribution in [1.82, 2.24) is 10.1 Å². The number of nitrogens with zero attached hydrogens (tertiary/aromatic N) is 2. The van der Waals surface area contributed by atoms with Gasteiger partial charge in [-0.15, -0.1) is 0 Å². The van der Waals surface area contributed by atoms with E-state index in [1.54, 1.807) is 25.2 Å². The van der Waals surface area contributed by atoms with Crippen LogP contribution in [0.4, 0.5) is 0 Å². The third-order valence-electron chi connectivity index (χ3n) is 3.94. The predicted octanol–water partition coefficient (Wildman–Crippen LogP) is 3.17. The lowest BCUT2D eigenvalue weighted by Gasteiger charge is -2.25. The minimum absolute atomic E-state index is 0.0297. The third-order valence-corrected chi connectivity index (χ3v) is 4.67. The maximum atomic E-state index is 12.9. The van der Waals surface area contributed by atoms with Gasteiger partial charge in [0.05, 0.1) is 11.8 Å². The van der Waals surface area contributed by atoms with Gasteiger partial charge in [-0.25, -0.2) is 0 Å². The van der Waals surface area contributed by atoms with Crippen LogP contribution in [0.1, 0.15) is 40.2 Å². The summed E-state index contributed by atoms with van der Waals surface area (Å²) in [6, 6.07) is 2.05. The molecular weight excluding hydrogens is 300 g/mol. The van der Waals surface area contributed by atoms with Gasteiger partial charge in [0.25, 0.3) is 5.91 Å². The van der Waals surface area contributed by atoms with Gasteiger partial charge in [-0.05, 0) is 49.1 Å². The number of hydrogen-bond acceptors (Lipinski definition) is 5. The summed E-state index contributed by atoms with van der Waals surface area (Å²) in [5, 5.41) is 8.00. The molecule has 1 aliphatic rings. The predicted molar refractivity (Wildman–Crippen MR) is 84.0 cm³/mol. The molecule has 0 aliphatic carbocycles. The largest absolute Gasteiger partial charge is 0.376 e. The Hall–Kier alpha value is -1.66. The fourth-order valence-electron chi connectivity index (χ4n) is 2.80. The van der Waals surface area contributed by atoms with Gasteiger partial charge < -0.3 is 14.2 Å². The van der Waals surface area contributed by atoms with E-state index in [4.69, 9.17) is 9.26 Å². The summed E-state index contributed by atoms with van der Waals surface area (Å²) in [5.74, 6) is 0.545. The molecule has 118 valence electrons. The maximum absolute atomic E-state index is 12.9. The number of aryl methyl sites for hydroxylation is 2. The second kappa shape index (κ2) is 6.62. The van der Waals surface area contributed by atoms with E-state index in [1.165, 1.54) is 0 Å². The van der Waals surface area contributed by atoms with Crippen molar-refractivity contribution < 1.29 is 14.1 Å². The van der Waals surface area contributed by atoms with Gasteiger partial charge in [-0.2, -0.15) is 11.3 Å². The average Bonchev–Trinajstić information content (AvgIpc) is 3.22. The Kier molecular flexibility index (Phi) is 4.59. The Morgan fingerprint density at radius 3 is 2.95 bits per heavy atom. The molecule has 0 unspecified atom stereocenters. The van der Waals surface area contributed by atoms with Crippen molar-refractivity contribution in [2.45, 2.75) is 39.3 Å². The normalized spacial score (nSPS) is 17.8. The lowest BCUT2D eigenvalue weighted by molar-refractivity contribution is 0.0505. The first kappa shape index (κ1) is 15.2. The van der Waals surface area contributed by atoms with Crippen LogP contribution in [0.15, 0.2) is 21.3 Å². The molecule has 5 nitrogen and oxygen atoms in total. The zero-order chi connectivity index (χ0) is 15.5. The first-order valence-electron chi connectivity index (χ1n) is 7.50. The van der Waals surface area contributed by atoms with Gasteiger partial charge in [0.1, 0.15) is 11.3 Å². The van der Waals surface area contributed by atoms with E-state index >= 15 is 0 Å². The van der Waals surface area contributed by atoms with Crippen molar-refractivity contribution in [2.24, 2.45) is 0 Å². The molecule has 1 amide bonds. The minimum Gasteiger partial charge on any atom is -0.376 e. The number of hydrogen-bond donors (Lipinski definition) is 0. The summed E-state index contributed by atoms with van der Waals surface area (Å²) in [6.45, 7) is 5.57. The van der Waals surface area contributed by atoms with E-state index in [0.29, 0.717) is 30.1 Å². The molecule has 2 aromatic rings. The molecule has 0 spiro atoms. The molecule has 22 heavy (non-hydrogen) atoms. The van der Waals surface area contributed by atoms with E-state index in [2.05, 4.69) is 10.5 Å². The smallest absolute Gasteiger partial charge is 0.259 e. The highest BCUT2D eigenvalue weighted by Crippen LogP contribution is 2.21. The number of aromatic nitrogens is 1. The van der Waals surface area contributed by atoms with Gasteiger partial charge in [0.15, 0.2) is 0 Å². The number of carbonyl (C=O) groups is 1. The Morgan fingerprint density at radius 2 is 2.36 bits per heavy atom. The third kappa shape index (κ3) is 3.23. The molecule has 3 heterocycles. The van der Waals surface area contributed by atoms with E-state index in [1.807, 2.05) is 16.3 Å². The molecule has 1 fully saturated rings. The minimum atomic E-state index is -0.0297. The van der Waals surface area contributed by atoms with Gasteiger partial charge in [0, 0.05) is 19.7 Å². The number of thiophene rings is 1. The average molecular weight is 320 g/mol. The second-order valence-electron chi connectivity index (χ2n) is 5.65. The van der Waals surface area contributed by atoms with E-state index in [9.17, 15) is 4.79 Å². The van der Waals surface area contributed by atoms with Crippen LogP contribution in [0.3, 0.4) is 0 Å². The Balaban J connectivity index is 1.81. The SMILES string of the molecule is Cc1noc(C)c1C(=O)N(Cc1ccsc1)C[C@@H]1CCCO1. The number of carbonyl (C=O) groups excluding carboxylic acids is 1. The van der Waals surface area contributed by atoms with Crippen molar-refractivity contribution in [2.75, 3.05) is 13.2 Å². The standard InChI is InChI=1S/C16H20N2O3S/c1-11-15(12(2)21-17-11)16(19)18(8-13-5-7-22-10-13)9-14-4-3-6-20-14/h5,7,10,14H,3-4,6,8-9H2,1-2H3/t14-/m0/s1. The number of ether oxygens (including phenoxy) is 1. The van der Waals surface area contributed by atoms with Crippen LogP contribution in [0.25, 0.3) is 0 Å². The zero-order valence-corrected chi connectivity index (χ0v) is 13.7. The van der Waals surface area contributed by atoms with E-state index in [0.717, 1.165) is 25.0 Å². The zero-order valence-electron chi connectivity index (χ0n) is 12.9. The van der Waals surface area contributed by atoms with Gasteiger partial charge in [-0.3, -0.25) is 4.79 Å². The molecule has 0 saturated carbocycles. The van der Waals surface area contributed by atoms with Crippen LogP contribution in [0.2, 0.25) is 0 Å². The molecule has 0 bridgehead atoms. The molecule has 0 radical (unpaired) electrons. The van der Waals surface area contributed by atoms with Crippen molar-refractivity contribution in [3.63, 3.8) is 0 Å². The monoisotopic (exact) mass is 320 g/mol. The van der Waals surface area contributed by atoms with E-state index in [-0.39, 0.29) is 12.0 Å². The maximum Gasteiger partial charge on any atom is 0.259 e. The van der Waals surface area contributed by atoms with Crippen LogP contribution in [-0.2, 0) is 11.3 Å². The molecule has 3 rings (SSSR count). The first-order valence-corrected chi connectivity index (χ1v) is 8.44. The van der Waals surface area contributed by atoms with Gasteiger partial charge in [-0.1, -0.05) is 5.16 Å². The van der Waals surface area contributed by atoms with Crippen LogP contribution in [0, 0.1) is 13.8 Å². The Morgan fingerprint density at radius 1 is 1.50 bits per heavy atom. The molecule has 0 aromatic carbocycles. The van der Waals surface area contributed by atoms with Gasteiger partial charge >= 0.3 is 0 Å². The molecule has 1 saturated heterocycles. The highest BCUT2D eigenvalue weighted by atomic mass is 32.1. The highest BCUT2D eigenvalue weighted by molar-refractivity contribution is 7.07. The van der Waals surface area contributed by atoms with Crippen LogP contribution in [-0.4, -0.2) is 35.2 Å². The highest BCUT2D eigenvalue weighted by Gasteiger charge is 2.27. The van der Waals surface area contributed by atoms with Crippen molar-refractivity contribution in [3.05, 3.63) is 39.4 Å². The molecule has 0 N–H and O–H groups in total. The first-order chi connectivity index (χ1) is 10.6. The Labute approximate surface area is 133 Å². The molecule has 6 heteroatoms. The summed E-state index contributed by atoms with van der Waals surface area (Å²) >= 11 is 1.64. The molecular formula is C16H20N2O3S. The van der Waals surface area contributed by atoms with Crippen molar-refractivity contribution >= 4 is 17.2 Å². The lowest BCUT2D eigenvalue weighted by Crippen LogP contribution is -2.37.